The predicted molar refractivity (Wildman–Crippen MR) is 113 cm³/mol. The average molecular weight is 441 g/mol. The number of carbonyl (C=O) groups is 1. The van der Waals surface area contributed by atoms with Crippen molar-refractivity contribution < 1.29 is 4.79 Å². The maximum Gasteiger partial charge on any atom is 0.229 e. The zero-order valence-corrected chi connectivity index (χ0v) is 18.4. The molecule has 0 aliphatic rings. The molecule has 0 spiro atoms. The van der Waals surface area contributed by atoms with E-state index in [1.807, 2.05) is 0 Å². The van der Waals surface area contributed by atoms with Gasteiger partial charge in [-0.25, -0.2) is 4.68 Å². The van der Waals surface area contributed by atoms with Gasteiger partial charge in [-0.1, -0.05) is 106 Å². The third kappa shape index (κ3) is 12.4. The summed E-state index contributed by atoms with van der Waals surface area (Å²) >= 11 is 17.8. The molecule has 0 saturated carbocycles. The molecule has 9 heteroatoms. The van der Waals surface area contributed by atoms with Crippen molar-refractivity contribution in [1.29, 1.82) is 0 Å². The Kier molecular flexibility index (Phi) is 12.9. The lowest BCUT2D eigenvalue weighted by Crippen LogP contribution is -2.51. The average Bonchev–Trinajstić information content (AvgIpc) is 3.11. The molecule has 0 unspecified atom stereocenters. The zero-order valence-electron chi connectivity index (χ0n) is 16.1. The largest absolute Gasteiger partial charge is 0.331 e. The van der Waals surface area contributed by atoms with Gasteiger partial charge >= 0.3 is 0 Å². The summed E-state index contributed by atoms with van der Waals surface area (Å²) in [5.74, 6) is -0.150. The number of unbranched alkanes of at least 4 members (excludes halogenated alkanes) is 10. The SMILES string of the molecule is CCCCCCCCCCCCCC(=O)N[C@H](Nn1cnnc1)C(Cl)(Cl)Cl. The Morgan fingerprint density at radius 2 is 1.41 bits per heavy atom. The highest BCUT2D eigenvalue weighted by atomic mass is 35.6. The molecular formula is C18H32Cl3N5O. The van der Waals surface area contributed by atoms with Crippen LogP contribution >= 0.6 is 34.8 Å². The molecule has 0 saturated heterocycles. The summed E-state index contributed by atoms with van der Waals surface area (Å²) in [6, 6.07) is 0. The lowest BCUT2D eigenvalue weighted by Gasteiger charge is -2.27. The van der Waals surface area contributed by atoms with Gasteiger partial charge < -0.3 is 5.32 Å². The second-order valence-corrected chi connectivity index (χ2v) is 9.19. The first kappa shape index (κ1) is 24.3. The van der Waals surface area contributed by atoms with Crippen LogP contribution in [0.25, 0.3) is 0 Å². The van der Waals surface area contributed by atoms with E-state index in [2.05, 4.69) is 27.9 Å². The fraction of sp³-hybridized carbons (Fsp3) is 0.833. The summed E-state index contributed by atoms with van der Waals surface area (Å²) in [6.45, 7) is 2.24. The molecule has 0 bridgehead atoms. The van der Waals surface area contributed by atoms with Gasteiger partial charge in [0.25, 0.3) is 0 Å². The fourth-order valence-electron chi connectivity index (χ4n) is 2.79. The molecule has 0 aromatic carbocycles. The van der Waals surface area contributed by atoms with Crippen LogP contribution in [0.2, 0.25) is 0 Å². The van der Waals surface area contributed by atoms with E-state index in [9.17, 15) is 4.79 Å². The number of nitrogens with one attached hydrogen (secondary N) is 2. The van der Waals surface area contributed by atoms with Crippen LogP contribution in [0.4, 0.5) is 0 Å². The molecule has 0 radical (unpaired) electrons. The molecule has 1 aromatic heterocycles. The number of hydrogen-bond acceptors (Lipinski definition) is 4. The van der Waals surface area contributed by atoms with E-state index in [-0.39, 0.29) is 5.91 Å². The number of amides is 1. The Morgan fingerprint density at radius 1 is 0.926 bits per heavy atom. The highest BCUT2D eigenvalue weighted by Crippen LogP contribution is 2.29. The molecule has 6 nitrogen and oxygen atoms in total. The summed E-state index contributed by atoms with van der Waals surface area (Å²) in [6.07, 6.45) is 16.0. The van der Waals surface area contributed by atoms with Crippen molar-refractivity contribution in [2.24, 2.45) is 0 Å². The molecule has 2 N–H and O–H groups in total. The first-order chi connectivity index (χ1) is 12.9. The number of aromatic nitrogens is 3. The summed E-state index contributed by atoms with van der Waals surface area (Å²) in [5.41, 5.74) is 2.84. The number of nitrogens with zero attached hydrogens (tertiary/aromatic N) is 3. The smallest absolute Gasteiger partial charge is 0.229 e. The van der Waals surface area contributed by atoms with Gasteiger partial charge in [0.1, 0.15) is 12.7 Å². The third-order valence-electron chi connectivity index (χ3n) is 4.34. The van der Waals surface area contributed by atoms with Gasteiger partial charge in [0.05, 0.1) is 0 Å². The van der Waals surface area contributed by atoms with E-state index in [1.54, 1.807) is 0 Å². The van der Waals surface area contributed by atoms with E-state index in [1.165, 1.54) is 68.7 Å². The number of hydrogen-bond donors (Lipinski definition) is 2. The quantitative estimate of drug-likeness (QED) is 0.219. The van der Waals surface area contributed by atoms with Gasteiger partial charge in [-0.15, -0.1) is 10.2 Å². The maximum absolute atomic E-state index is 12.1. The van der Waals surface area contributed by atoms with Gasteiger partial charge in [0, 0.05) is 6.42 Å². The van der Waals surface area contributed by atoms with Crippen molar-refractivity contribution in [3.63, 3.8) is 0 Å². The highest BCUT2D eigenvalue weighted by molar-refractivity contribution is 6.68. The summed E-state index contributed by atoms with van der Waals surface area (Å²) in [7, 11) is 0. The van der Waals surface area contributed by atoms with Crippen molar-refractivity contribution in [3.05, 3.63) is 12.7 Å². The molecule has 1 rings (SSSR count). The van der Waals surface area contributed by atoms with Crippen molar-refractivity contribution >= 4 is 40.7 Å². The fourth-order valence-corrected chi connectivity index (χ4v) is 3.10. The minimum absolute atomic E-state index is 0.150. The second-order valence-electron chi connectivity index (χ2n) is 6.83. The summed E-state index contributed by atoms with van der Waals surface area (Å²) in [5, 5.41) is 10.0. The minimum atomic E-state index is -1.70. The summed E-state index contributed by atoms with van der Waals surface area (Å²) in [4.78, 5) is 12.1. The van der Waals surface area contributed by atoms with E-state index < -0.39 is 9.96 Å². The number of halogens is 3. The van der Waals surface area contributed by atoms with Crippen LogP contribution in [0.5, 0.6) is 0 Å². The Bertz CT molecular complexity index is 494. The molecular weight excluding hydrogens is 409 g/mol. The lowest BCUT2D eigenvalue weighted by molar-refractivity contribution is -0.121. The maximum atomic E-state index is 12.1. The Balaban J connectivity index is 2.09. The molecule has 156 valence electrons. The monoisotopic (exact) mass is 439 g/mol. The van der Waals surface area contributed by atoms with E-state index in [4.69, 9.17) is 34.8 Å². The van der Waals surface area contributed by atoms with Crippen molar-refractivity contribution in [2.45, 2.75) is 93.9 Å². The van der Waals surface area contributed by atoms with E-state index >= 15 is 0 Å². The molecule has 1 atom stereocenters. The van der Waals surface area contributed by atoms with Crippen LogP contribution in [0.3, 0.4) is 0 Å². The van der Waals surface area contributed by atoms with Gasteiger partial charge in [-0.05, 0) is 6.42 Å². The predicted octanol–water partition coefficient (Wildman–Crippen LogP) is 5.34. The molecule has 0 aliphatic heterocycles. The normalized spacial score (nSPS) is 12.7. The van der Waals surface area contributed by atoms with Gasteiger partial charge in [-0.2, -0.15) is 0 Å². The Labute approximate surface area is 177 Å². The van der Waals surface area contributed by atoms with E-state index in [0.717, 1.165) is 19.3 Å². The van der Waals surface area contributed by atoms with Crippen LogP contribution in [-0.2, 0) is 4.79 Å². The van der Waals surface area contributed by atoms with Crippen LogP contribution in [0.1, 0.15) is 84.0 Å². The molecule has 27 heavy (non-hydrogen) atoms. The molecule has 0 fully saturated rings. The van der Waals surface area contributed by atoms with Gasteiger partial charge in [-0.3, -0.25) is 10.2 Å². The summed E-state index contributed by atoms with van der Waals surface area (Å²) < 4.78 is -0.272. The molecule has 0 aliphatic carbocycles. The van der Waals surface area contributed by atoms with Crippen LogP contribution in [0, 0.1) is 0 Å². The van der Waals surface area contributed by atoms with Crippen molar-refractivity contribution in [3.8, 4) is 0 Å². The second kappa shape index (κ2) is 14.3. The van der Waals surface area contributed by atoms with Crippen LogP contribution in [0.15, 0.2) is 12.7 Å². The number of alkyl halides is 3. The first-order valence-corrected chi connectivity index (χ1v) is 11.0. The van der Waals surface area contributed by atoms with Gasteiger partial charge in [0.15, 0.2) is 6.17 Å². The number of rotatable bonds is 15. The van der Waals surface area contributed by atoms with Crippen LogP contribution < -0.4 is 10.7 Å². The van der Waals surface area contributed by atoms with Gasteiger partial charge in [0.2, 0.25) is 9.70 Å². The standard InChI is InChI=1S/C18H32Cl3N5O/c1-2-3-4-5-6-7-8-9-10-11-12-13-16(27)24-17(18(19,20)21)25-26-14-22-23-15-26/h14-15,17,25H,2-13H2,1H3,(H,24,27)/t17-/m1/s1. The zero-order chi connectivity index (χ0) is 20.0. The molecule has 1 heterocycles. The lowest BCUT2D eigenvalue weighted by atomic mass is 10.1. The molecule has 1 aromatic rings. The first-order valence-electron chi connectivity index (χ1n) is 9.90. The minimum Gasteiger partial charge on any atom is -0.331 e. The topological polar surface area (TPSA) is 71.8 Å². The van der Waals surface area contributed by atoms with Crippen LogP contribution in [-0.4, -0.2) is 30.7 Å². The Hall–Kier alpha value is -0.720. The highest BCUT2D eigenvalue weighted by Gasteiger charge is 2.34. The molecule has 1 amide bonds. The van der Waals surface area contributed by atoms with Crippen molar-refractivity contribution in [2.75, 3.05) is 5.43 Å². The number of carbonyl (C=O) groups excluding carboxylic acids is 1. The Morgan fingerprint density at radius 3 is 1.89 bits per heavy atom. The van der Waals surface area contributed by atoms with E-state index in [0.29, 0.717) is 6.42 Å². The third-order valence-corrected chi connectivity index (χ3v) is 4.99. The van der Waals surface area contributed by atoms with Crippen molar-refractivity contribution in [1.82, 2.24) is 20.2 Å².